The van der Waals surface area contributed by atoms with Crippen LogP contribution in [0.5, 0.6) is 0 Å². The molecule has 0 saturated heterocycles. The second kappa shape index (κ2) is 33.9. The van der Waals surface area contributed by atoms with Crippen LogP contribution in [0.15, 0.2) is 48.6 Å². The van der Waals surface area contributed by atoms with E-state index in [9.17, 15) is 0 Å². The van der Waals surface area contributed by atoms with Gasteiger partial charge in [-0.2, -0.15) is 0 Å². The maximum absolute atomic E-state index is 6.82. The van der Waals surface area contributed by atoms with Crippen molar-refractivity contribution >= 4 is 0 Å². The van der Waals surface area contributed by atoms with Crippen LogP contribution in [0.1, 0.15) is 200 Å². The maximum Gasteiger partial charge on any atom is 0.187 e. The highest BCUT2D eigenvalue weighted by Gasteiger charge is 2.37. The number of hydrogen-bond acceptors (Lipinski definition) is 4. The van der Waals surface area contributed by atoms with E-state index in [0.717, 1.165) is 63.8 Å². The van der Waals surface area contributed by atoms with Gasteiger partial charge in [-0.15, -0.1) is 0 Å². The second-order valence-electron chi connectivity index (χ2n) is 15.4. The quantitative estimate of drug-likeness (QED) is 0.0312. The first-order valence-corrected chi connectivity index (χ1v) is 21.4. The Morgan fingerprint density at radius 1 is 0.551 bits per heavy atom. The summed E-state index contributed by atoms with van der Waals surface area (Å²) in [5, 5.41) is 0. The van der Waals surface area contributed by atoms with Gasteiger partial charge in [-0.05, 0) is 116 Å². The van der Waals surface area contributed by atoms with E-state index in [-0.39, 0.29) is 6.10 Å². The predicted molar refractivity (Wildman–Crippen MR) is 217 cm³/mol. The molecule has 286 valence electrons. The van der Waals surface area contributed by atoms with Gasteiger partial charge in [-0.3, -0.25) is 4.84 Å². The number of ether oxygens (including phenoxy) is 1. The van der Waals surface area contributed by atoms with E-state index in [1.54, 1.807) is 0 Å². The van der Waals surface area contributed by atoms with Crippen LogP contribution < -0.4 is 5.90 Å². The molecule has 1 aliphatic carbocycles. The van der Waals surface area contributed by atoms with Gasteiger partial charge in [-0.25, -0.2) is 5.90 Å². The summed E-state index contributed by atoms with van der Waals surface area (Å²) >= 11 is 0. The molecular formula is C45H84N2O2. The Morgan fingerprint density at radius 3 is 1.37 bits per heavy atom. The van der Waals surface area contributed by atoms with Crippen molar-refractivity contribution in [1.29, 1.82) is 0 Å². The van der Waals surface area contributed by atoms with Crippen molar-refractivity contribution in [1.82, 2.24) is 4.90 Å². The fraction of sp³-hybridized carbons (Fsp3) is 0.822. The average molecular weight is 685 g/mol. The summed E-state index contributed by atoms with van der Waals surface area (Å²) < 4.78 is 6.82. The third kappa shape index (κ3) is 28.1. The number of allylic oxidation sites excluding steroid dienone is 8. The molecule has 0 aromatic rings. The minimum absolute atomic E-state index is 0.280. The molecule has 1 fully saturated rings. The van der Waals surface area contributed by atoms with E-state index >= 15 is 0 Å². The topological polar surface area (TPSA) is 47.7 Å². The van der Waals surface area contributed by atoms with E-state index in [1.807, 2.05) is 0 Å². The molecule has 0 unspecified atom stereocenters. The van der Waals surface area contributed by atoms with Crippen LogP contribution in [0.3, 0.4) is 0 Å². The van der Waals surface area contributed by atoms with Gasteiger partial charge < -0.3 is 9.64 Å². The Kier molecular flexibility index (Phi) is 31.7. The smallest absolute Gasteiger partial charge is 0.187 e. The molecule has 0 aromatic carbocycles. The van der Waals surface area contributed by atoms with Crippen LogP contribution in [0.4, 0.5) is 0 Å². The summed E-state index contributed by atoms with van der Waals surface area (Å²) in [7, 11) is 4.36. The van der Waals surface area contributed by atoms with Crippen LogP contribution in [0, 0.1) is 5.92 Å². The van der Waals surface area contributed by atoms with E-state index in [4.69, 9.17) is 15.5 Å². The zero-order chi connectivity index (χ0) is 35.5. The maximum atomic E-state index is 6.82. The van der Waals surface area contributed by atoms with Crippen molar-refractivity contribution in [3.8, 4) is 0 Å². The van der Waals surface area contributed by atoms with E-state index in [1.165, 1.54) is 135 Å². The van der Waals surface area contributed by atoms with Gasteiger partial charge in [0, 0.05) is 19.4 Å². The van der Waals surface area contributed by atoms with Crippen molar-refractivity contribution in [3.63, 3.8) is 0 Å². The molecule has 1 aliphatic rings. The number of rotatable bonds is 35. The van der Waals surface area contributed by atoms with Gasteiger partial charge in [0.05, 0.1) is 6.10 Å². The van der Waals surface area contributed by atoms with E-state index in [0.29, 0.717) is 0 Å². The third-order valence-corrected chi connectivity index (χ3v) is 10.2. The zero-order valence-electron chi connectivity index (χ0n) is 33.3. The minimum Gasteiger partial charge on any atom is -0.345 e. The standard InChI is InChI=1S/C45H84N2O2/c1-5-7-9-11-13-15-17-19-21-23-25-27-29-31-33-35-39-45(49-46,48-44-38-37-43(41-44)42-47(3)4)40-36-34-32-30-28-26-24-22-20-18-16-14-12-10-8-6-2/h13-16,19-22,43-44H,5-12,17-18,23-42,46H2,1-4H3/b15-13-,16-14-,21-19-,22-20-/t43-,44-/m1/s1. The first-order valence-electron chi connectivity index (χ1n) is 21.4. The van der Waals surface area contributed by atoms with Crippen molar-refractivity contribution in [2.45, 2.75) is 212 Å². The van der Waals surface area contributed by atoms with Gasteiger partial charge in [0.25, 0.3) is 0 Å². The summed E-state index contributed by atoms with van der Waals surface area (Å²) in [6.07, 6.45) is 54.7. The Morgan fingerprint density at radius 2 is 0.959 bits per heavy atom. The van der Waals surface area contributed by atoms with Gasteiger partial charge in [-0.1, -0.05) is 140 Å². The van der Waals surface area contributed by atoms with Crippen LogP contribution in [-0.2, 0) is 9.57 Å². The van der Waals surface area contributed by atoms with Crippen molar-refractivity contribution in [2.75, 3.05) is 20.6 Å². The highest BCUT2D eigenvalue weighted by atomic mass is 16.8. The van der Waals surface area contributed by atoms with Crippen LogP contribution in [0.2, 0.25) is 0 Å². The van der Waals surface area contributed by atoms with Gasteiger partial charge in [0.1, 0.15) is 0 Å². The number of nitrogens with zero attached hydrogens (tertiary/aromatic N) is 1. The molecule has 2 atom stereocenters. The van der Waals surface area contributed by atoms with E-state index in [2.05, 4.69) is 81.5 Å². The molecule has 0 aromatic heterocycles. The largest absolute Gasteiger partial charge is 0.345 e. The number of unbranched alkanes of at least 4 members (excludes halogenated alkanes) is 18. The monoisotopic (exact) mass is 685 g/mol. The van der Waals surface area contributed by atoms with Crippen molar-refractivity contribution < 1.29 is 9.57 Å². The Labute approximate surface area is 306 Å². The molecule has 49 heavy (non-hydrogen) atoms. The van der Waals surface area contributed by atoms with Crippen LogP contribution in [0.25, 0.3) is 0 Å². The lowest BCUT2D eigenvalue weighted by Crippen LogP contribution is -2.41. The molecule has 0 heterocycles. The summed E-state index contributed by atoms with van der Waals surface area (Å²) in [4.78, 5) is 8.12. The van der Waals surface area contributed by atoms with Crippen LogP contribution in [-0.4, -0.2) is 37.4 Å². The molecular weight excluding hydrogens is 601 g/mol. The number of nitrogens with two attached hydrogens (primary N) is 1. The fourth-order valence-corrected chi connectivity index (χ4v) is 7.28. The molecule has 2 N–H and O–H groups in total. The minimum atomic E-state index is -0.609. The molecule has 1 saturated carbocycles. The Bertz CT molecular complexity index is 769. The second-order valence-corrected chi connectivity index (χ2v) is 15.4. The third-order valence-electron chi connectivity index (χ3n) is 10.2. The molecule has 0 radical (unpaired) electrons. The van der Waals surface area contributed by atoms with Gasteiger partial charge in [0.2, 0.25) is 0 Å². The first-order chi connectivity index (χ1) is 24.0. The predicted octanol–water partition coefficient (Wildman–Crippen LogP) is 13.7. The summed E-state index contributed by atoms with van der Waals surface area (Å²) in [6, 6.07) is 0. The lowest BCUT2D eigenvalue weighted by molar-refractivity contribution is -0.270. The average Bonchev–Trinajstić information content (AvgIpc) is 3.53. The van der Waals surface area contributed by atoms with E-state index < -0.39 is 5.79 Å². The lowest BCUT2D eigenvalue weighted by atomic mass is 9.98. The SMILES string of the molecule is CCCCC/C=C\C/C=C\CCCCCCCCC(CCCCCCCC/C=C\C/C=C\CCCCC)(ON)O[C@@H]1CC[C@@H](CN(C)C)C1. The molecule has 4 heteroatoms. The molecule has 4 nitrogen and oxygen atoms in total. The molecule has 1 rings (SSSR count). The van der Waals surface area contributed by atoms with Crippen molar-refractivity contribution in [2.24, 2.45) is 11.8 Å². The number of hydrogen-bond donors (Lipinski definition) is 1. The lowest BCUT2D eigenvalue weighted by Gasteiger charge is -2.35. The molecule has 0 amide bonds. The summed E-state index contributed by atoms with van der Waals surface area (Å²) in [5.74, 6) is 6.19. The molecule has 0 spiro atoms. The van der Waals surface area contributed by atoms with Gasteiger partial charge in [0.15, 0.2) is 5.79 Å². The first kappa shape index (κ1) is 45.8. The Balaban J connectivity index is 2.30. The summed E-state index contributed by atoms with van der Waals surface area (Å²) in [5.41, 5.74) is 0. The zero-order valence-corrected chi connectivity index (χ0v) is 33.3. The Hall–Kier alpha value is -1.20. The van der Waals surface area contributed by atoms with Gasteiger partial charge >= 0.3 is 0 Å². The summed E-state index contributed by atoms with van der Waals surface area (Å²) in [6.45, 7) is 5.68. The fourth-order valence-electron chi connectivity index (χ4n) is 7.28. The normalized spacial score (nSPS) is 17.4. The highest BCUT2D eigenvalue weighted by molar-refractivity contribution is 4.93. The highest BCUT2D eigenvalue weighted by Crippen LogP contribution is 2.36. The molecule has 0 aliphatic heterocycles. The van der Waals surface area contributed by atoms with Crippen molar-refractivity contribution in [3.05, 3.63) is 48.6 Å². The van der Waals surface area contributed by atoms with Crippen LogP contribution >= 0.6 is 0 Å². The molecule has 0 bridgehead atoms.